The number of ether oxygens (including phenoxy) is 3. The lowest BCUT2D eigenvalue weighted by Gasteiger charge is -2.24. The summed E-state index contributed by atoms with van der Waals surface area (Å²) < 4.78 is 91.3. The van der Waals surface area contributed by atoms with E-state index in [1.807, 2.05) is 0 Å². The molecule has 1 atom stereocenters. The van der Waals surface area contributed by atoms with Gasteiger partial charge in [0.2, 0.25) is 12.1 Å². The van der Waals surface area contributed by atoms with Crippen molar-refractivity contribution in [3.8, 4) is 0 Å². The minimum atomic E-state index is -5.85. The van der Waals surface area contributed by atoms with Gasteiger partial charge in [0.05, 0.1) is 11.6 Å². The Morgan fingerprint density at radius 3 is 2.02 bits per heavy atom. The molecule has 0 aliphatic carbocycles. The summed E-state index contributed by atoms with van der Waals surface area (Å²) in [4.78, 5) is 57.0. The van der Waals surface area contributed by atoms with Gasteiger partial charge in [0.25, 0.3) is 5.91 Å². The van der Waals surface area contributed by atoms with Gasteiger partial charge in [0.15, 0.2) is 5.78 Å². The molecule has 3 N–H and O–H groups in total. The highest BCUT2D eigenvalue weighted by atomic mass is 19.4. The van der Waals surface area contributed by atoms with Crippen molar-refractivity contribution in [1.82, 2.24) is 20.9 Å². The molecule has 1 unspecified atom stereocenters. The highest BCUT2D eigenvalue weighted by Gasteiger charge is 2.58. The SMILES string of the molecule is CC(C)(C)OC(=O)N=C(NCCCC(NC(=O)c1cccnc1)C(=O)COC(C(F)(F)F)C(F)(F)F)NC(=O)OC(C)(C)C. The van der Waals surface area contributed by atoms with Crippen LogP contribution in [0.25, 0.3) is 0 Å². The Balaban J connectivity index is 3.05. The van der Waals surface area contributed by atoms with Crippen molar-refractivity contribution in [1.29, 1.82) is 0 Å². The number of halogens is 6. The van der Waals surface area contributed by atoms with Gasteiger partial charge in [0, 0.05) is 18.9 Å². The fourth-order valence-electron chi connectivity index (χ4n) is 3.09. The van der Waals surface area contributed by atoms with Gasteiger partial charge >= 0.3 is 24.5 Å². The second-order valence-electron chi connectivity index (χ2n) is 11.1. The number of hydrogen-bond acceptors (Lipinski definition) is 8. The minimum Gasteiger partial charge on any atom is -0.444 e. The first kappa shape index (κ1) is 38.1. The molecular formula is C26H35F6N5O7. The molecule has 1 aromatic heterocycles. The Morgan fingerprint density at radius 2 is 1.52 bits per heavy atom. The third-order valence-corrected chi connectivity index (χ3v) is 4.78. The molecule has 1 heterocycles. The number of carbonyl (C=O) groups is 4. The Hall–Kier alpha value is -3.96. The van der Waals surface area contributed by atoms with Crippen LogP contribution in [0.1, 0.15) is 64.7 Å². The van der Waals surface area contributed by atoms with E-state index < -0.39 is 72.1 Å². The van der Waals surface area contributed by atoms with Gasteiger partial charge in [0.1, 0.15) is 17.8 Å². The quantitative estimate of drug-likeness (QED) is 0.145. The predicted molar refractivity (Wildman–Crippen MR) is 143 cm³/mol. The Morgan fingerprint density at radius 1 is 0.932 bits per heavy atom. The second-order valence-corrected chi connectivity index (χ2v) is 11.1. The largest absolute Gasteiger partial charge is 0.444 e. The Bertz CT molecular complexity index is 1150. The number of Topliss-reactive ketones (excluding diaryl/α,β-unsaturated/α-hetero) is 1. The molecule has 0 aliphatic rings. The average molecular weight is 644 g/mol. The van der Waals surface area contributed by atoms with Crippen LogP contribution in [0.4, 0.5) is 35.9 Å². The second kappa shape index (κ2) is 15.7. The molecule has 0 aromatic carbocycles. The third kappa shape index (κ3) is 15.5. The zero-order chi connectivity index (χ0) is 33.9. The molecule has 0 spiro atoms. The summed E-state index contributed by atoms with van der Waals surface area (Å²) in [6.45, 7) is 7.66. The highest BCUT2D eigenvalue weighted by molar-refractivity contribution is 5.99. The molecule has 1 rings (SSSR count). The van der Waals surface area contributed by atoms with E-state index >= 15 is 0 Å². The van der Waals surface area contributed by atoms with E-state index in [0.717, 1.165) is 6.20 Å². The summed E-state index contributed by atoms with van der Waals surface area (Å²) in [6.07, 6.45) is -15.9. The maximum absolute atomic E-state index is 12.9. The number of rotatable bonds is 10. The van der Waals surface area contributed by atoms with Crippen molar-refractivity contribution in [2.75, 3.05) is 13.2 Å². The van der Waals surface area contributed by atoms with Crippen LogP contribution in [-0.4, -0.2) is 83.7 Å². The zero-order valence-corrected chi connectivity index (χ0v) is 24.8. The number of nitrogens with zero attached hydrogens (tertiary/aromatic N) is 2. The minimum absolute atomic E-state index is 0.0406. The molecule has 0 radical (unpaired) electrons. The molecule has 0 bridgehead atoms. The number of carbonyl (C=O) groups excluding carboxylic acids is 4. The average Bonchev–Trinajstić information content (AvgIpc) is 2.82. The molecule has 0 saturated heterocycles. The smallest absolute Gasteiger partial charge is 0.437 e. The predicted octanol–water partition coefficient (Wildman–Crippen LogP) is 4.44. The maximum atomic E-state index is 12.9. The van der Waals surface area contributed by atoms with Gasteiger partial charge < -0.3 is 24.8 Å². The lowest BCUT2D eigenvalue weighted by molar-refractivity contribution is -0.319. The molecule has 0 fully saturated rings. The van der Waals surface area contributed by atoms with E-state index in [9.17, 15) is 45.5 Å². The van der Waals surface area contributed by atoms with Crippen LogP contribution in [0, 0.1) is 0 Å². The van der Waals surface area contributed by atoms with Crippen molar-refractivity contribution >= 4 is 29.8 Å². The number of aromatic nitrogens is 1. The third-order valence-electron chi connectivity index (χ3n) is 4.78. The van der Waals surface area contributed by atoms with Crippen molar-refractivity contribution in [2.45, 2.75) is 90.1 Å². The van der Waals surface area contributed by atoms with Crippen molar-refractivity contribution in [3.05, 3.63) is 30.1 Å². The molecule has 18 heteroatoms. The van der Waals surface area contributed by atoms with Crippen LogP contribution in [0.3, 0.4) is 0 Å². The summed E-state index contributed by atoms with van der Waals surface area (Å²) in [6, 6.07) is 1.10. The van der Waals surface area contributed by atoms with E-state index in [-0.39, 0.29) is 24.9 Å². The summed E-state index contributed by atoms with van der Waals surface area (Å²) >= 11 is 0. The molecular weight excluding hydrogens is 608 g/mol. The summed E-state index contributed by atoms with van der Waals surface area (Å²) in [5.41, 5.74) is -1.89. The number of nitrogens with one attached hydrogen (secondary N) is 3. The standard InChI is InChI=1S/C26H35F6N5O7/c1-23(2,3)43-21(40)36-20(37-22(41)44-24(4,5)6)34-12-8-10-16(35-18(39)15-9-7-11-33-13-15)17(38)14-42-19(25(27,28)29)26(30,31)32/h7,9,11,13,16,19H,8,10,12,14H2,1-6H3,(H,35,39)(H2,34,36,37,40,41). The Kier molecular flexibility index (Phi) is 13.6. The number of aliphatic imine (C=N–C) groups is 1. The van der Waals surface area contributed by atoms with Gasteiger partial charge in [-0.2, -0.15) is 26.3 Å². The lowest BCUT2D eigenvalue weighted by Crippen LogP contribution is -2.48. The van der Waals surface area contributed by atoms with Crippen LogP contribution in [0.15, 0.2) is 29.5 Å². The first-order valence-corrected chi connectivity index (χ1v) is 13.0. The van der Waals surface area contributed by atoms with E-state index in [2.05, 4.69) is 30.7 Å². The van der Waals surface area contributed by atoms with Crippen LogP contribution in [0.5, 0.6) is 0 Å². The van der Waals surface area contributed by atoms with Gasteiger partial charge in [-0.1, -0.05) is 0 Å². The number of amides is 3. The van der Waals surface area contributed by atoms with Crippen molar-refractivity contribution < 1.29 is 59.7 Å². The van der Waals surface area contributed by atoms with Gasteiger partial charge in [-0.25, -0.2) is 9.59 Å². The molecule has 12 nitrogen and oxygen atoms in total. The fourth-order valence-corrected chi connectivity index (χ4v) is 3.09. The molecule has 0 saturated carbocycles. The fraction of sp³-hybridized carbons (Fsp3) is 0.615. The molecule has 44 heavy (non-hydrogen) atoms. The number of alkyl carbamates (subject to hydrolysis) is 1. The molecule has 0 aliphatic heterocycles. The first-order valence-electron chi connectivity index (χ1n) is 13.0. The molecule has 3 amide bonds. The van der Waals surface area contributed by atoms with Crippen LogP contribution in [0.2, 0.25) is 0 Å². The maximum Gasteiger partial charge on any atom is 0.437 e. The molecule has 1 aromatic rings. The van der Waals surface area contributed by atoms with Gasteiger partial charge in [-0.05, 0) is 66.5 Å². The number of pyridine rings is 1. The van der Waals surface area contributed by atoms with E-state index in [1.54, 1.807) is 41.5 Å². The van der Waals surface area contributed by atoms with E-state index in [1.165, 1.54) is 18.3 Å². The van der Waals surface area contributed by atoms with Gasteiger partial charge in [-0.3, -0.25) is 19.9 Å². The normalized spacial score (nSPS) is 13.6. The van der Waals surface area contributed by atoms with Gasteiger partial charge in [-0.15, -0.1) is 4.99 Å². The molecule has 248 valence electrons. The summed E-state index contributed by atoms with van der Waals surface area (Å²) in [5, 5.41) is 7.06. The van der Waals surface area contributed by atoms with Crippen LogP contribution >= 0.6 is 0 Å². The summed E-state index contributed by atoms with van der Waals surface area (Å²) in [7, 11) is 0. The number of ketones is 1. The van der Waals surface area contributed by atoms with E-state index in [0.29, 0.717) is 0 Å². The monoisotopic (exact) mass is 643 g/mol. The Labute approximate surface area is 249 Å². The highest BCUT2D eigenvalue weighted by Crippen LogP contribution is 2.35. The van der Waals surface area contributed by atoms with Crippen LogP contribution in [-0.2, 0) is 19.0 Å². The number of guanidine groups is 1. The topological polar surface area (TPSA) is 157 Å². The number of alkyl halides is 6. The van der Waals surface area contributed by atoms with Crippen molar-refractivity contribution in [2.24, 2.45) is 4.99 Å². The van der Waals surface area contributed by atoms with Crippen LogP contribution < -0.4 is 16.0 Å². The number of hydrogen-bond donors (Lipinski definition) is 3. The van der Waals surface area contributed by atoms with E-state index in [4.69, 9.17) is 9.47 Å². The summed E-state index contributed by atoms with van der Waals surface area (Å²) in [5.74, 6) is -2.58. The zero-order valence-electron chi connectivity index (χ0n) is 24.8. The lowest BCUT2D eigenvalue weighted by atomic mass is 10.1. The van der Waals surface area contributed by atoms with Crippen molar-refractivity contribution in [3.63, 3.8) is 0 Å². The first-order chi connectivity index (χ1) is 20.0.